The Balaban J connectivity index is 2.24. The summed E-state index contributed by atoms with van der Waals surface area (Å²) in [6.07, 6.45) is 2.50. The Morgan fingerprint density at radius 3 is 2.74 bits per heavy atom. The fourth-order valence-corrected chi connectivity index (χ4v) is 4.04. The molecule has 1 heterocycles. The molecule has 19 heavy (non-hydrogen) atoms. The molecule has 1 fully saturated rings. The lowest BCUT2D eigenvalue weighted by Gasteiger charge is -2.22. The molecule has 0 bridgehead atoms. The van der Waals surface area contributed by atoms with Crippen LogP contribution in [0.2, 0.25) is 0 Å². The molecule has 105 valence electrons. The van der Waals surface area contributed by atoms with Gasteiger partial charge in [-0.1, -0.05) is 26.0 Å². The molecule has 0 unspecified atom stereocenters. The van der Waals surface area contributed by atoms with Gasteiger partial charge in [0.05, 0.1) is 4.90 Å². The maximum atomic E-state index is 12.5. The smallest absolute Gasteiger partial charge is 0.186 e. The van der Waals surface area contributed by atoms with Crippen LogP contribution in [0.25, 0.3) is 0 Å². The van der Waals surface area contributed by atoms with E-state index in [4.69, 9.17) is 0 Å². The molecule has 0 amide bonds. The van der Waals surface area contributed by atoms with Crippen LogP contribution in [0.1, 0.15) is 32.3 Å². The van der Waals surface area contributed by atoms with Crippen molar-refractivity contribution < 1.29 is 8.42 Å². The Bertz CT molecular complexity index is 517. The van der Waals surface area contributed by atoms with Crippen molar-refractivity contribution in [3.05, 3.63) is 35.1 Å². The van der Waals surface area contributed by atoms with Crippen LogP contribution in [0.5, 0.6) is 0 Å². The summed E-state index contributed by atoms with van der Waals surface area (Å²) < 4.78 is 25.1. The highest BCUT2D eigenvalue weighted by Crippen LogP contribution is 2.27. The minimum Gasteiger partial charge on any atom is -0.315 e. The SMILES string of the molecule is CC(C)Cc1cccc(S(=O)(=O)[C]2CCCNC2)c1. The van der Waals surface area contributed by atoms with Crippen molar-refractivity contribution in [2.24, 2.45) is 5.92 Å². The summed E-state index contributed by atoms with van der Waals surface area (Å²) in [6.45, 7) is 5.69. The van der Waals surface area contributed by atoms with Crippen molar-refractivity contribution >= 4 is 9.84 Å². The van der Waals surface area contributed by atoms with E-state index in [2.05, 4.69) is 19.2 Å². The number of rotatable bonds is 4. The number of hydrogen-bond donors (Lipinski definition) is 1. The van der Waals surface area contributed by atoms with E-state index < -0.39 is 9.84 Å². The number of sulfone groups is 1. The first-order valence-electron chi connectivity index (χ1n) is 6.89. The zero-order chi connectivity index (χ0) is 13.9. The summed E-state index contributed by atoms with van der Waals surface area (Å²) in [5, 5.41) is 3.77. The maximum Gasteiger partial charge on any atom is 0.186 e. The minimum atomic E-state index is -3.27. The molecule has 1 radical (unpaired) electrons. The third kappa shape index (κ3) is 3.57. The van der Waals surface area contributed by atoms with Crippen molar-refractivity contribution in [2.45, 2.75) is 38.0 Å². The van der Waals surface area contributed by atoms with E-state index in [9.17, 15) is 8.42 Å². The number of piperidine rings is 1. The molecule has 0 aromatic heterocycles. The lowest BCUT2D eigenvalue weighted by atomic mass is 10.0. The van der Waals surface area contributed by atoms with E-state index in [0.29, 0.717) is 29.0 Å². The molecule has 4 heteroatoms. The molecule has 3 nitrogen and oxygen atoms in total. The monoisotopic (exact) mass is 280 g/mol. The fraction of sp³-hybridized carbons (Fsp3) is 0.533. The van der Waals surface area contributed by atoms with Gasteiger partial charge in [-0.15, -0.1) is 0 Å². The molecule has 1 aliphatic rings. The first kappa shape index (κ1) is 14.5. The molecular weight excluding hydrogens is 258 g/mol. The van der Waals surface area contributed by atoms with Crippen molar-refractivity contribution in [3.8, 4) is 0 Å². The van der Waals surface area contributed by atoms with Gasteiger partial charge in [-0.05, 0) is 49.4 Å². The van der Waals surface area contributed by atoms with E-state index in [1.165, 1.54) is 0 Å². The Morgan fingerprint density at radius 1 is 1.32 bits per heavy atom. The van der Waals surface area contributed by atoms with Crippen LogP contribution in [0, 0.1) is 11.2 Å². The average molecular weight is 280 g/mol. The molecule has 1 aromatic rings. The fourth-order valence-electron chi connectivity index (χ4n) is 2.43. The number of nitrogens with one attached hydrogen (secondary N) is 1. The number of benzene rings is 1. The van der Waals surface area contributed by atoms with Crippen LogP contribution in [-0.4, -0.2) is 21.5 Å². The average Bonchev–Trinajstić information content (AvgIpc) is 2.39. The van der Waals surface area contributed by atoms with Gasteiger partial charge >= 0.3 is 0 Å². The van der Waals surface area contributed by atoms with Crippen molar-refractivity contribution in [1.82, 2.24) is 5.32 Å². The molecule has 1 aromatic carbocycles. The third-order valence-electron chi connectivity index (χ3n) is 3.36. The van der Waals surface area contributed by atoms with Gasteiger partial charge in [-0.25, -0.2) is 8.42 Å². The van der Waals surface area contributed by atoms with Crippen molar-refractivity contribution in [3.63, 3.8) is 0 Å². The second-order valence-corrected chi connectivity index (χ2v) is 7.62. The van der Waals surface area contributed by atoms with Crippen LogP contribution in [0.15, 0.2) is 29.2 Å². The highest BCUT2D eigenvalue weighted by molar-refractivity contribution is 7.94. The summed E-state index contributed by atoms with van der Waals surface area (Å²) in [4.78, 5) is 0.448. The topological polar surface area (TPSA) is 46.2 Å². The lowest BCUT2D eigenvalue weighted by molar-refractivity contribution is 0.548. The second-order valence-electron chi connectivity index (χ2n) is 5.57. The molecule has 0 spiro atoms. The van der Waals surface area contributed by atoms with Gasteiger partial charge < -0.3 is 5.32 Å². The zero-order valence-corrected chi connectivity index (χ0v) is 12.5. The van der Waals surface area contributed by atoms with Gasteiger partial charge in [0, 0.05) is 6.54 Å². The molecule has 0 saturated carbocycles. The van der Waals surface area contributed by atoms with Crippen molar-refractivity contribution in [1.29, 1.82) is 0 Å². The standard InChI is InChI=1S/C15H22NO2S/c1-12(2)9-13-5-3-6-14(10-13)19(17,18)15-7-4-8-16-11-15/h3,5-6,10,12,16H,4,7-9,11H2,1-2H3. The van der Waals surface area contributed by atoms with Gasteiger partial charge in [-0.2, -0.15) is 0 Å². The van der Waals surface area contributed by atoms with E-state index in [1.54, 1.807) is 6.07 Å². The predicted molar refractivity (Wildman–Crippen MR) is 77.5 cm³/mol. The summed E-state index contributed by atoms with van der Waals surface area (Å²) in [5.74, 6) is 0.530. The normalized spacial score (nSPS) is 17.8. The molecule has 0 atom stereocenters. The largest absolute Gasteiger partial charge is 0.315 e. The first-order chi connectivity index (χ1) is 9.00. The minimum absolute atomic E-state index is 0.448. The van der Waals surface area contributed by atoms with Crippen LogP contribution in [0.4, 0.5) is 0 Å². The van der Waals surface area contributed by atoms with Gasteiger partial charge in [0.25, 0.3) is 0 Å². The Labute approximate surface area is 116 Å². The van der Waals surface area contributed by atoms with Crippen molar-refractivity contribution in [2.75, 3.05) is 13.1 Å². The highest BCUT2D eigenvalue weighted by atomic mass is 32.2. The third-order valence-corrected chi connectivity index (χ3v) is 5.35. The van der Waals surface area contributed by atoms with Gasteiger partial charge in [0.2, 0.25) is 0 Å². The van der Waals surface area contributed by atoms with E-state index in [1.807, 2.05) is 18.2 Å². The molecule has 1 aliphatic heterocycles. The predicted octanol–water partition coefficient (Wildman–Crippen LogP) is 2.57. The van der Waals surface area contributed by atoms with Crippen LogP contribution in [0.3, 0.4) is 0 Å². The summed E-state index contributed by atoms with van der Waals surface area (Å²) in [6, 6.07) is 7.39. The van der Waals surface area contributed by atoms with Crippen LogP contribution in [-0.2, 0) is 16.3 Å². The molecule has 0 aliphatic carbocycles. The quantitative estimate of drug-likeness (QED) is 0.922. The Hall–Kier alpha value is -0.870. The van der Waals surface area contributed by atoms with Crippen LogP contribution >= 0.6 is 0 Å². The zero-order valence-electron chi connectivity index (χ0n) is 11.6. The summed E-state index contributed by atoms with van der Waals surface area (Å²) in [7, 11) is -3.27. The van der Waals surface area contributed by atoms with E-state index in [-0.39, 0.29) is 0 Å². The highest BCUT2D eigenvalue weighted by Gasteiger charge is 2.29. The maximum absolute atomic E-state index is 12.5. The Morgan fingerprint density at radius 2 is 2.11 bits per heavy atom. The molecule has 2 rings (SSSR count). The second kappa shape index (κ2) is 6.06. The van der Waals surface area contributed by atoms with E-state index >= 15 is 0 Å². The summed E-state index contributed by atoms with van der Waals surface area (Å²) >= 11 is 0. The van der Waals surface area contributed by atoms with E-state index in [0.717, 1.165) is 24.9 Å². The molecule has 1 saturated heterocycles. The van der Waals surface area contributed by atoms with Crippen LogP contribution < -0.4 is 5.32 Å². The molecule has 1 N–H and O–H groups in total. The lowest BCUT2D eigenvalue weighted by Crippen LogP contribution is -2.33. The molecular formula is C15H22NO2S. The summed E-state index contributed by atoms with van der Waals surface area (Å²) in [5.41, 5.74) is 1.10. The van der Waals surface area contributed by atoms with Gasteiger partial charge in [0.1, 0.15) is 5.25 Å². The van der Waals surface area contributed by atoms with Gasteiger partial charge in [0.15, 0.2) is 9.84 Å². The van der Waals surface area contributed by atoms with Gasteiger partial charge in [-0.3, -0.25) is 0 Å². The first-order valence-corrected chi connectivity index (χ1v) is 8.38. The number of hydrogen-bond acceptors (Lipinski definition) is 3. The Kier molecular flexibility index (Phi) is 4.63.